The largest absolute Gasteiger partial charge is 0.378 e. The highest BCUT2D eigenvalue weighted by Gasteiger charge is 2.15. The maximum atomic E-state index is 13.7. The van der Waals surface area contributed by atoms with Gasteiger partial charge in [0.15, 0.2) is 0 Å². The zero-order valence-electron chi connectivity index (χ0n) is 10.9. The zero-order chi connectivity index (χ0) is 14.1. The van der Waals surface area contributed by atoms with Crippen LogP contribution in [-0.2, 0) is 0 Å². The topological polar surface area (TPSA) is 12.0 Å². The third-order valence-corrected chi connectivity index (χ3v) is 4.17. The predicted octanol–water partition coefficient (Wildman–Crippen LogP) is 5.35. The second kappa shape index (κ2) is 5.21. The Morgan fingerprint density at radius 2 is 1.80 bits per heavy atom. The zero-order valence-corrected chi connectivity index (χ0v) is 11.7. The van der Waals surface area contributed by atoms with Crippen molar-refractivity contribution < 1.29 is 8.78 Å². The standard InChI is InChI=1S/C16H13F2NS/c1-10(16-13(17)3-2-4-14(16)18)19-12-5-6-15-11(9-12)7-8-20-15/h2-10,19H,1H3. The average molecular weight is 289 g/mol. The fourth-order valence-corrected chi connectivity index (χ4v) is 3.07. The van der Waals surface area contributed by atoms with Crippen molar-refractivity contribution in [2.24, 2.45) is 0 Å². The van der Waals surface area contributed by atoms with Crippen molar-refractivity contribution in [1.29, 1.82) is 0 Å². The minimum absolute atomic E-state index is 0.0675. The van der Waals surface area contributed by atoms with Gasteiger partial charge >= 0.3 is 0 Å². The van der Waals surface area contributed by atoms with Crippen LogP contribution in [0.15, 0.2) is 47.8 Å². The maximum absolute atomic E-state index is 13.7. The first-order chi connectivity index (χ1) is 9.65. The SMILES string of the molecule is CC(Nc1ccc2sccc2c1)c1c(F)cccc1F. The summed E-state index contributed by atoms with van der Waals surface area (Å²) in [6.45, 7) is 1.75. The molecule has 1 atom stereocenters. The Bertz CT molecular complexity index is 731. The van der Waals surface area contributed by atoms with Crippen LogP contribution in [0.3, 0.4) is 0 Å². The first-order valence-electron chi connectivity index (χ1n) is 6.33. The van der Waals surface area contributed by atoms with Gasteiger partial charge in [0.1, 0.15) is 11.6 Å². The summed E-state index contributed by atoms with van der Waals surface area (Å²) in [5.41, 5.74) is 0.920. The van der Waals surface area contributed by atoms with E-state index in [1.54, 1.807) is 18.3 Å². The Morgan fingerprint density at radius 3 is 2.55 bits per heavy atom. The summed E-state index contributed by atoms with van der Waals surface area (Å²) >= 11 is 1.67. The fraction of sp³-hybridized carbons (Fsp3) is 0.125. The van der Waals surface area contributed by atoms with Crippen LogP contribution in [0.25, 0.3) is 10.1 Å². The molecule has 0 saturated carbocycles. The van der Waals surface area contributed by atoms with Gasteiger partial charge < -0.3 is 5.32 Å². The van der Waals surface area contributed by atoms with Crippen LogP contribution in [0.5, 0.6) is 0 Å². The van der Waals surface area contributed by atoms with Crippen molar-refractivity contribution in [3.8, 4) is 0 Å². The Labute approximate surface area is 119 Å². The van der Waals surface area contributed by atoms with Crippen LogP contribution < -0.4 is 5.32 Å². The third kappa shape index (κ3) is 2.39. The first kappa shape index (κ1) is 13.1. The predicted molar refractivity (Wildman–Crippen MR) is 80.2 cm³/mol. The minimum Gasteiger partial charge on any atom is -0.378 e. The minimum atomic E-state index is -0.526. The van der Waals surface area contributed by atoms with Gasteiger partial charge in [0.05, 0.1) is 6.04 Å². The quantitative estimate of drug-likeness (QED) is 0.685. The van der Waals surface area contributed by atoms with Crippen LogP contribution in [0.4, 0.5) is 14.5 Å². The molecular formula is C16H13F2NS. The fourth-order valence-electron chi connectivity index (χ4n) is 2.30. The van der Waals surface area contributed by atoms with E-state index in [9.17, 15) is 8.78 Å². The van der Waals surface area contributed by atoms with Gasteiger partial charge in [0, 0.05) is 16.0 Å². The Morgan fingerprint density at radius 1 is 1.05 bits per heavy atom. The molecule has 0 radical (unpaired) electrons. The molecule has 0 fully saturated rings. The number of fused-ring (bicyclic) bond motifs is 1. The summed E-state index contributed by atoms with van der Waals surface area (Å²) in [4.78, 5) is 0. The van der Waals surface area contributed by atoms with Crippen molar-refractivity contribution in [2.75, 3.05) is 5.32 Å². The number of nitrogens with one attached hydrogen (secondary N) is 1. The molecule has 1 nitrogen and oxygen atoms in total. The normalized spacial score (nSPS) is 12.6. The Hall–Kier alpha value is -1.94. The number of halogens is 2. The molecule has 102 valence electrons. The molecule has 2 aromatic carbocycles. The van der Waals surface area contributed by atoms with Crippen LogP contribution in [-0.4, -0.2) is 0 Å². The summed E-state index contributed by atoms with van der Waals surface area (Å²) in [6, 6.07) is 11.4. The average Bonchev–Trinajstić information content (AvgIpc) is 2.85. The molecule has 3 rings (SSSR count). The van der Waals surface area contributed by atoms with E-state index < -0.39 is 17.7 Å². The highest BCUT2D eigenvalue weighted by atomic mass is 32.1. The van der Waals surface area contributed by atoms with Gasteiger partial charge in [-0.15, -0.1) is 11.3 Å². The Kier molecular flexibility index (Phi) is 3.40. The lowest BCUT2D eigenvalue weighted by Gasteiger charge is -2.17. The molecule has 0 aliphatic heterocycles. The highest BCUT2D eigenvalue weighted by Crippen LogP contribution is 2.28. The lowest BCUT2D eigenvalue weighted by atomic mass is 10.1. The molecule has 1 aromatic heterocycles. The number of rotatable bonds is 3. The summed E-state index contributed by atoms with van der Waals surface area (Å²) in [5.74, 6) is -1.05. The second-order valence-corrected chi connectivity index (χ2v) is 5.62. The van der Waals surface area contributed by atoms with Gasteiger partial charge in [-0.3, -0.25) is 0 Å². The monoisotopic (exact) mass is 289 g/mol. The maximum Gasteiger partial charge on any atom is 0.131 e. The van der Waals surface area contributed by atoms with Crippen LogP contribution >= 0.6 is 11.3 Å². The summed E-state index contributed by atoms with van der Waals surface area (Å²) in [7, 11) is 0. The molecule has 0 bridgehead atoms. The molecule has 3 aromatic rings. The summed E-state index contributed by atoms with van der Waals surface area (Å²) < 4.78 is 28.7. The van der Waals surface area contributed by atoms with Gasteiger partial charge in [-0.05, 0) is 54.1 Å². The van der Waals surface area contributed by atoms with Crippen LogP contribution in [0.2, 0.25) is 0 Å². The number of hydrogen-bond donors (Lipinski definition) is 1. The molecular weight excluding hydrogens is 276 g/mol. The molecule has 4 heteroatoms. The number of hydrogen-bond acceptors (Lipinski definition) is 2. The van der Waals surface area contributed by atoms with E-state index in [0.29, 0.717) is 0 Å². The summed E-state index contributed by atoms with van der Waals surface area (Å²) in [6.07, 6.45) is 0. The molecule has 0 amide bonds. The molecule has 1 heterocycles. The summed E-state index contributed by atoms with van der Waals surface area (Å²) in [5, 5.41) is 6.29. The highest BCUT2D eigenvalue weighted by molar-refractivity contribution is 7.17. The lowest BCUT2D eigenvalue weighted by molar-refractivity contribution is 0.544. The van der Waals surface area contributed by atoms with Crippen LogP contribution in [0, 0.1) is 11.6 Å². The van der Waals surface area contributed by atoms with Gasteiger partial charge in [0.2, 0.25) is 0 Å². The van der Waals surface area contributed by atoms with Gasteiger partial charge in [0.25, 0.3) is 0 Å². The van der Waals surface area contributed by atoms with E-state index in [2.05, 4.69) is 5.32 Å². The van der Waals surface area contributed by atoms with E-state index >= 15 is 0 Å². The number of anilines is 1. The number of thiophene rings is 1. The van der Waals surface area contributed by atoms with Crippen molar-refractivity contribution in [3.05, 3.63) is 65.0 Å². The van der Waals surface area contributed by atoms with Gasteiger partial charge in [-0.2, -0.15) is 0 Å². The molecule has 0 aliphatic carbocycles. The first-order valence-corrected chi connectivity index (χ1v) is 7.21. The second-order valence-electron chi connectivity index (χ2n) is 4.67. The molecule has 20 heavy (non-hydrogen) atoms. The van der Waals surface area contributed by atoms with E-state index in [4.69, 9.17) is 0 Å². The Balaban J connectivity index is 1.90. The third-order valence-electron chi connectivity index (χ3n) is 3.27. The van der Waals surface area contributed by atoms with E-state index in [1.165, 1.54) is 22.9 Å². The van der Waals surface area contributed by atoms with E-state index in [1.807, 2.05) is 29.6 Å². The van der Waals surface area contributed by atoms with Crippen molar-refractivity contribution in [1.82, 2.24) is 0 Å². The van der Waals surface area contributed by atoms with Crippen molar-refractivity contribution in [3.63, 3.8) is 0 Å². The smallest absolute Gasteiger partial charge is 0.131 e. The van der Waals surface area contributed by atoms with E-state index in [0.717, 1.165) is 11.1 Å². The molecule has 0 aliphatic rings. The number of benzene rings is 2. The van der Waals surface area contributed by atoms with Crippen LogP contribution in [0.1, 0.15) is 18.5 Å². The lowest BCUT2D eigenvalue weighted by Crippen LogP contribution is -2.10. The van der Waals surface area contributed by atoms with Crippen molar-refractivity contribution >= 4 is 27.1 Å². The van der Waals surface area contributed by atoms with Gasteiger partial charge in [-0.25, -0.2) is 8.78 Å². The van der Waals surface area contributed by atoms with E-state index in [-0.39, 0.29) is 5.56 Å². The molecule has 0 spiro atoms. The molecule has 1 N–H and O–H groups in total. The van der Waals surface area contributed by atoms with Gasteiger partial charge in [-0.1, -0.05) is 6.07 Å². The molecule has 0 saturated heterocycles. The van der Waals surface area contributed by atoms with Crippen molar-refractivity contribution in [2.45, 2.75) is 13.0 Å². The molecule has 1 unspecified atom stereocenters.